The minimum atomic E-state index is -0.664. The van der Waals surface area contributed by atoms with Gasteiger partial charge in [-0.2, -0.15) is 0 Å². The van der Waals surface area contributed by atoms with Crippen molar-refractivity contribution in [3.8, 4) is 0 Å². The second-order valence-corrected chi connectivity index (χ2v) is 11.9. The molecule has 0 aliphatic carbocycles. The van der Waals surface area contributed by atoms with Crippen LogP contribution in [0.15, 0.2) is 42.6 Å². The standard InChI is InChI=1S/C18H26ClN3.C18H34O2/c1-4-22(5-2)12-6-7-14(3)21-17-10-11-20-18-13-15(19)8-9-16(17)18;1-2-3-4-5-6-7-8-9-10-11-12-13-14-15-16-17-18(19)20/h8-11,13-14H,4-7,12H2,1-3H3,(H,20,21);9-10H,2-8,11-17H2,1H3,(H,19,20)/b;10-9-. The average Bonchev–Trinajstić information content (AvgIpc) is 2.97. The molecule has 0 spiro atoms. The summed E-state index contributed by atoms with van der Waals surface area (Å²) < 4.78 is 0. The SMILES string of the molecule is CCCCCCCC/C=C\CCCCCCCC(=O)O.CCN(CC)CCCC(C)Nc1ccnc2cc(Cl)ccc12. The summed E-state index contributed by atoms with van der Waals surface area (Å²) in [5.41, 5.74) is 2.07. The minimum absolute atomic E-state index is 0.332. The number of unbranched alkanes of at least 4 members (excludes halogenated alkanes) is 11. The van der Waals surface area contributed by atoms with Crippen molar-refractivity contribution in [2.45, 2.75) is 136 Å². The molecular weight excluding hydrogens is 542 g/mol. The number of carbonyl (C=O) groups is 1. The van der Waals surface area contributed by atoms with E-state index in [1.165, 1.54) is 83.6 Å². The fourth-order valence-corrected chi connectivity index (χ4v) is 5.26. The van der Waals surface area contributed by atoms with Crippen LogP contribution in [0.25, 0.3) is 10.9 Å². The molecule has 0 saturated carbocycles. The molecule has 5 nitrogen and oxygen atoms in total. The van der Waals surface area contributed by atoms with Gasteiger partial charge in [-0.15, -0.1) is 0 Å². The highest BCUT2D eigenvalue weighted by molar-refractivity contribution is 6.31. The lowest BCUT2D eigenvalue weighted by Gasteiger charge is -2.20. The van der Waals surface area contributed by atoms with Gasteiger partial charge in [0.2, 0.25) is 0 Å². The number of hydrogen-bond acceptors (Lipinski definition) is 4. The first-order valence-corrected chi connectivity index (χ1v) is 17.2. The van der Waals surface area contributed by atoms with Gasteiger partial charge in [0.15, 0.2) is 0 Å². The Labute approximate surface area is 262 Å². The van der Waals surface area contributed by atoms with E-state index >= 15 is 0 Å². The maximum atomic E-state index is 10.3. The molecule has 0 amide bonds. The zero-order chi connectivity index (χ0) is 30.8. The number of benzene rings is 1. The Balaban J connectivity index is 0.000000423. The van der Waals surface area contributed by atoms with Crippen molar-refractivity contribution in [2.75, 3.05) is 25.0 Å². The molecule has 0 radical (unpaired) electrons. The van der Waals surface area contributed by atoms with E-state index in [9.17, 15) is 4.79 Å². The lowest BCUT2D eigenvalue weighted by molar-refractivity contribution is -0.137. The molecule has 2 N–H and O–H groups in total. The summed E-state index contributed by atoms with van der Waals surface area (Å²) in [6.45, 7) is 12.4. The molecular formula is C36H60ClN3O2. The Bertz CT molecular complexity index is 977. The quantitative estimate of drug-likeness (QED) is 0.0979. The van der Waals surface area contributed by atoms with E-state index in [1.807, 2.05) is 30.5 Å². The number of aromatic nitrogens is 1. The predicted octanol–water partition coefficient (Wildman–Crippen LogP) is 10.9. The second-order valence-electron chi connectivity index (χ2n) is 11.5. The first kappa shape index (κ1) is 37.9. The summed E-state index contributed by atoms with van der Waals surface area (Å²) in [5.74, 6) is -0.664. The van der Waals surface area contributed by atoms with Crippen LogP contribution >= 0.6 is 11.6 Å². The topological polar surface area (TPSA) is 65.5 Å². The third-order valence-corrected chi connectivity index (χ3v) is 8.00. The lowest BCUT2D eigenvalue weighted by atomic mass is 10.1. The van der Waals surface area contributed by atoms with E-state index in [0.29, 0.717) is 12.5 Å². The smallest absolute Gasteiger partial charge is 0.303 e. The zero-order valence-corrected chi connectivity index (χ0v) is 27.9. The first-order valence-electron chi connectivity index (χ1n) is 16.8. The Morgan fingerprint density at radius 3 is 2.14 bits per heavy atom. The summed E-state index contributed by atoms with van der Waals surface area (Å²) in [6.07, 6.45) is 25.5. The van der Waals surface area contributed by atoms with Crippen molar-refractivity contribution < 1.29 is 9.90 Å². The number of fused-ring (bicyclic) bond motifs is 1. The molecule has 0 saturated heterocycles. The van der Waals surface area contributed by atoms with E-state index in [-0.39, 0.29) is 0 Å². The lowest BCUT2D eigenvalue weighted by Crippen LogP contribution is -2.25. The summed E-state index contributed by atoms with van der Waals surface area (Å²) in [4.78, 5) is 17.2. The molecule has 0 fully saturated rings. The molecule has 238 valence electrons. The number of nitrogens with zero attached hydrogens (tertiary/aromatic N) is 2. The molecule has 2 aromatic rings. The van der Waals surface area contributed by atoms with Crippen LogP contribution in [-0.2, 0) is 4.79 Å². The number of hydrogen-bond donors (Lipinski definition) is 2. The van der Waals surface area contributed by atoms with Crippen LogP contribution in [0.4, 0.5) is 5.69 Å². The van der Waals surface area contributed by atoms with Crippen molar-refractivity contribution >= 4 is 34.2 Å². The fraction of sp³-hybridized carbons (Fsp3) is 0.667. The van der Waals surface area contributed by atoms with Crippen LogP contribution in [0.5, 0.6) is 0 Å². The Morgan fingerprint density at radius 2 is 1.52 bits per heavy atom. The maximum absolute atomic E-state index is 10.3. The number of rotatable bonds is 23. The Morgan fingerprint density at radius 1 is 0.905 bits per heavy atom. The Kier molecular flexibility index (Phi) is 22.9. The van der Waals surface area contributed by atoms with Crippen LogP contribution in [0.1, 0.15) is 130 Å². The molecule has 1 atom stereocenters. The highest BCUT2D eigenvalue weighted by Crippen LogP contribution is 2.25. The molecule has 0 bridgehead atoms. The first-order chi connectivity index (χ1) is 20.4. The normalized spacial score (nSPS) is 12.0. The van der Waals surface area contributed by atoms with Gasteiger partial charge in [0.1, 0.15) is 0 Å². The Hall–Kier alpha value is -2.11. The van der Waals surface area contributed by atoms with Crippen LogP contribution in [0.3, 0.4) is 0 Å². The number of anilines is 1. The van der Waals surface area contributed by atoms with Gasteiger partial charge in [-0.3, -0.25) is 9.78 Å². The molecule has 42 heavy (non-hydrogen) atoms. The predicted molar refractivity (Wildman–Crippen MR) is 184 cm³/mol. The summed E-state index contributed by atoms with van der Waals surface area (Å²) in [7, 11) is 0. The van der Waals surface area contributed by atoms with Crippen LogP contribution in [-0.4, -0.2) is 46.6 Å². The summed E-state index contributed by atoms with van der Waals surface area (Å²) in [6, 6.07) is 8.35. The van der Waals surface area contributed by atoms with Gasteiger partial charge in [-0.05, 0) is 95.8 Å². The highest BCUT2D eigenvalue weighted by atomic mass is 35.5. The summed E-state index contributed by atoms with van der Waals surface area (Å²) in [5, 5.41) is 14.0. The second kappa shape index (κ2) is 25.4. The highest BCUT2D eigenvalue weighted by Gasteiger charge is 2.07. The number of carboxylic acid groups (broad SMARTS) is 1. The molecule has 0 aliphatic heterocycles. The van der Waals surface area contributed by atoms with E-state index in [2.05, 4.69) is 55.0 Å². The van der Waals surface area contributed by atoms with Gasteiger partial charge in [-0.25, -0.2) is 0 Å². The van der Waals surface area contributed by atoms with Gasteiger partial charge >= 0.3 is 5.97 Å². The number of carboxylic acids is 1. The molecule has 6 heteroatoms. The van der Waals surface area contributed by atoms with Crippen molar-refractivity contribution in [2.24, 2.45) is 0 Å². The van der Waals surface area contributed by atoms with Crippen molar-refractivity contribution in [3.63, 3.8) is 0 Å². The van der Waals surface area contributed by atoms with Crippen LogP contribution in [0.2, 0.25) is 5.02 Å². The van der Waals surface area contributed by atoms with Crippen LogP contribution < -0.4 is 5.32 Å². The third-order valence-electron chi connectivity index (χ3n) is 7.77. The monoisotopic (exact) mass is 601 g/mol. The number of pyridine rings is 1. The van der Waals surface area contributed by atoms with Gasteiger partial charge in [0.05, 0.1) is 5.52 Å². The molecule has 1 aromatic carbocycles. The fourth-order valence-electron chi connectivity index (χ4n) is 5.09. The molecule has 0 aliphatic rings. The van der Waals surface area contributed by atoms with E-state index < -0.39 is 5.97 Å². The van der Waals surface area contributed by atoms with Crippen molar-refractivity contribution in [1.29, 1.82) is 0 Å². The molecule has 2 rings (SSSR count). The van der Waals surface area contributed by atoms with Crippen molar-refractivity contribution in [3.05, 3.63) is 47.6 Å². The maximum Gasteiger partial charge on any atom is 0.303 e. The number of allylic oxidation sites excluding steroid dienone is 2. The summed E-state index contributed by atoms with van der Waals surface area (Å²) >= 11 is 6.04. The van der Waals surface area contributed by atoms with Gasteiger partial charge in [-0.1, -0.05) is 95.9 Å². The largest absolute Gasteiger partial charge is 0.481 e. The van der Waals surface area contributed by atoms with Crippen LogP contribution in [0, 0.1) is 0 Å². The van der Waals surface area contributed by atoms with Gasteiger partial charge < -0.3 is 15.3 Å². The molecule has 1 aromatic heterocycles. The van der Waals surface area contributed by atoms with E-state index in [0.717, 1.165) is 54.0 Å². The third kappa shape index (κ3) is 19.2. The van der Waals surface area contributed by atoms with E-state index in [4.69, 9.17) is 16.7 Å². The number of aliphatic carboxylic acids is 1. The molecule has 1 heterocycles. The van der Waals surface area contributed by atoms with E-state index in [1.54, 1.807) is 0 Å². The number of halogens is 1. The van der Waals surface area contributed by atoms with Gasteiger partial charge in [0, 0.05) is 34.8 Å². The average molecular weight is 602 g/mol. The minimum Gasteiger partial charge on any atom is -0.481 e. The molecule has 1 unspecified atom stereocenters. The van der Waals surface area contributed by atoms with Crippen molar-refractivity contribution in [1.82, 2.24) is 9.88 Å². The van der Waals surface area contributed by atoms with Gasteiger partial charge in [0.25, 0.3) is 0 Å². The number of nitrogens with one attached hydrogen (secondary N) is 1. The zero-order valence-electron chi connectivity index (χ0n) is 27.2.